The Morgan fingerprint density at radius 2 is 1.71 bits per heavy atom. The highest BCUT2D eigenvalue weighted by Crippen LogP contribution is 2.37. The van der Waals surface area contributed by atoms with Crippen LogP contribution in [-0.4, -0.2) is 29.3 Å². The second-order valence-electron chi connectivity index (χ2n) is 4.16. The van der Waals surface area contributed by atoms with Crippen molar-refractivity contribution < 1.29 is 14.6 Å². The molecule has 0 unspecified atom stereocenters. The van der Waals surface area contributed by atoms with Gasteiger partial charge in [0.2, 0.25) is 11.7 Å². The number of rotatable bonds is 4. The van der Waals surface area contributed by atoms with Gasteiger partial charge in [-0.25, -0.2) is 4.98 Å². The molecular formula is C13H17BrN4O3. The molecule has 2 aromatic rings. The normalized spacial score (nSPS) is 9.81. The van der Waals surface area contributed by atoms with Crippen molar-refractivity contribution in [3.05, 3.63) is 29.5 Å². The summed E-state index contributed by atoms with van der Waals surface area (Å²) in [7, 11) is 2.94. The predicted molar refractivity (Wildman–Crippen MR) is 85.2 cm³/mol. The van der Waals surface area contributed by atoms with E-state index in [-0.39, 0.29) is 28.7 Å². The molecule has 0 amide bonds. The number of aromatic nitrogens is 2. The van der Waals surface area contributed by atoms with Gasteiger partial charge in [0.1, 0.15) is 5.82 Å². The number of phenols is 1. The summed E-state index contributed by atoms with van der Waals surface area (Å²) in [6, 6.07) is 3.40. The van der Waals surface area contributed by atoms with Gasteiger partial charge in [0.15, 0.2) is 11.5 Å². The first-order valence-corrected chi connectivity index (χ1v) is 5.86. The van der Waals surface area contributed by atoms with Crippen LogP contribution in [0.5, 0.6) is 17.2 Å². The minimum Gasteiger partial charge on any atom is -0.502 e. The van der Waals surface area contributed by atoms with Crippen LogP contribution >= 0.6 is 17.0 Å². The Morgan fingerprint density at radius 1 is 1.14 bits per heavy atom. The number of ether oxygens (including phenoxy) is 2. The van der Waals surface area contributed by atoms with Gasteiger partial charge in [-0.1, -0.05) is 0 Å². The fourth-order valence-corrected chi connectivity index (χ4v) is 1.84. The molecule has 2 rings (SSSR count). The molecule has 21 heavy (non-hydrogen) atoms. The Balaban J connectivity index is 0.00000220. The zero-order valence-corrected chi connectivity index (χ0v) is 13.4. The van der Waals surface area contributed by atoms with Gasteiger partial charge in [-0.2, -0.15) is 4.98 Å². The average Bonchev–Trinajstić information content (AvgIpc) is 2.43. The van der Waals surface area contributed by atoms with E-state index >= 15 is 0 Å². The minimum absolute atomic E-state index is 0. The Kier molecular flexibility index (Phi) is 5.60. The highest BCUT2D eigenvalue weighted by Gasteiger charge is 2.12. The van der Waals surface area contributed by atoms with Gasteiger partial charge in [0.05, 0.1) is 14.2 Å². The number of aromatic hydroxyl groups is 1. The number of hydrogen-bond donors (Lipinski definition) is 3. The monoisotopic (exact) mass is 356 g/mol. The standard InChI is InChI=1S/C13H16N4O3.BrH/c1-19-9-4-7(5-10(20-2)11(9)18)3-8-6-16-13(15)17-12(8)14;/h4-6,18H,3H2,1-2H3,(H4,14,15,16,17);1H. The van der Waals surface area contributed by atoms with E-state index < -0.39 is 0 Å². The molecule has 1 aromatic carbocycles. The van der Waals surface area contributed by atoms with Crippen LogP contribution in [0, 0.1) is 0 Å². The SMILES string of the molecule is Br.COc1cc(Cc2cnc(N)nc2N)cc(OC)c1O. The second-order valence-corrected chi connectivity index (χ2v) is 4.16. The topological polar surface area (TPSA) is 117 Å². The molecule has 0 aliphatic heterocycles. The van der Waals surface area contributed by atoms with Crippen LogP contribution in [0.25, 0.3) is 0 Å². The highest BCUT2D eigenvalue weighted by molar-refractivity contribution is 8.93. The summed E-state index contributed by atoms with van der Waals surface area (Å²) in [5.41, 5.74) is 12.8. The largest absolute Gasteiger partial charge is 0.502 e. The molecule has 0 atom stereocenters. The number of nitrogens with two attached hydrogens (primary N) is 2. The van der Waals surface area contributed by atoms with E-state index in [0.717, 1.165) is 11.1 Å². The molecule has 114 valence electrons. The van der Waals surface area contributed by atoms with E-state index in [2.05, 4.69) is 9.97 Å². The quantitative estimate of drug-likeness (QED) is 0.760. The zero-order chi connectivity index (χ0) is 14.7. The highest BCUT2D eigenvalue weighted by atomic mass is 79.9. The van der Waals surface area contributed by atoms with Gasteiger partial charge in [-0.15, -0.1) is 17.0 Å². The van der Waals surface area contributed by atoms with Crippen LogP contribution in [0.1, 0.15) is 11.1 Å². The summed E-state index contributed by atoms with van der Waals surface area (Å²) >= 11 is 0. The summed E-state index contributed by atoms with van der Waals surface area (Å²) in [5.74, 6) is 1.07. The van der Waals surface area contributed by atoms with Crippen molar-refractivity contribution in [2.75, 3.05) is 25.7 Å². The number of hydrogen-bond acceptors (Lipinski definition) is 7. The van der Waals surface area contributed by atoms with E-state index in [1.807, 2.05) is 0 Å². The number of anilines is 2. The fourth-order valence-electron chi connectivity index (χ4n) is 1.84. The first-order chi connectivity index (χ1) is 9.55. The summed E-state index contributed by atoms with van der Waals surface area (Å²) in [4.78, 5) is 7.82. The third kappa shape index (κ3) is 3.66. The number of halogens is 1. The molecule has 0 spiro atoms. The lowest BCUT2D eigenvalue weighted by Gasteiger charge is -2.11. The van der Waals surface area contributed by atoms with Crippen LogP contribution in [0.4, 0.5) is 11.8 Å². The molecule has 1 heterocycles. The Bertz CT molecular complexity index is 612. The lowest BCUT2D eigenvalue weighted by Crippen LogP contribution is -2.04. The molecule has 0 radical (unpaired) electrons. The van der Waals surface area contributed by atoms with E-state index in [4.69, 9.17) is 20.9 Å². The summed E-state index contributed by atoms with van der Waals surface area (Å²) in [5, 5.41) is 9.85. The van der Waals surface area contributed by atoms with Gasteiger partial charge in [0, 0.05) is 18.2 Å². The smallest absolute Gasteiger partial charge is 0.221 e. The lowest BCUT2D eigenvalue weighted by molar-refractivity contribution is 0.339. The van der Waals surface area contributed by atoms with Crippen molar-refractivity contribution in [1.82, 2.24) is 9.97 Å². The fraction of sp³-hybridized carbons (Fsp3) is 0.231. The molecular weight excluding hydrogens is 340 g/mol. The van der Waals surface area contributed by atoms with Gasteiger partial charge in [-0.05, 0) is 17.7 Å². The van der Waals surface area contributed by atoms with E-state index in [9.17, 15) is 5.11 Å². The van der Waals surface area contributed by atoms with Crippen molar-refractivity contribution in [2.45, 2.75) is 6.42 Å². The maximum absolute atomic E-state index is 9.85. The molecule has 5 N–H and O–H groups in total. The van der Waals surface area contributed by atoms with Gasteiger partial charge in [0.25, 0.3) is 0 Å². The van der Waals surface area contributed by atoms with Crippen LogP contribution in [0.3, 0.4) is 0 Å². The molecule has 0 saturated carbocycles. The molecule has 7 nitrogen and oxygen atoms in total. The zero-order valence-electron chi connectivity index (χ0n) is 11.7. The Morgan fingerprint density at radius 3 is 2.19 bits per heavy atom. The van der Waals surface area contributed by atoms with Crippen LogP contribution in [0.2, 0.25) is 0 Å². The van der Waals surface area contributed by atoms with E-state index in [1.165, 1.54) is 14.2 Å². The molecule has 0 bridgehead atoms. The van der Waals surface area contributed by atoms with Crippen LogP contribution < -0.4 is 20.9 Å². The van der Waals surface area contributed by atoms with Crippen LogP contribution in [0.15, 0.2) is 18.3 Å². The number of phenolic OH excluding ortho intramolecular Hbond substituents is 1. The first-order valence-electron chi connectivity index (χ1n) is 5.86. The first kappa shape index (κ1) is 16.8. The summed E-state index contributed by atoms with van der Waals surface area (Å²) in [6.07, 6.45) is 2.04. The maximum Gasteiger partial charge on any atom is 0.221 e. The third-order valence-electron chi connectivity index (χ3n) is 2.85. The Hall–Kier alpha value is -2.22. The van der Waals surface area contributed by atoms with Gasteiger partial charge >= 0.3 is 0 Å². The van der Waals surface area contributed by atoms with Crippen molar-refractivity contribution >= 4 is 28.7 Å². The van der Waals surface area contributed by atoms with Crippen molar-refractivity contribution in [1.29, 1.82) is 0 Å². The number of nitrogens with zero attached hydrogens (tertiary/aromatic N) is 2. The molecule has 8 heteroatoms. The molecule has 1 aromatic heterocycles. The minimum atomic E-state index is -0.0414. The van der Waals surface area contributed by atoms with E-state index in [1.54, 1.807) is 18.3 Å². The average molecular weight is 357 g/mol. The van der Waals surface area contributed by atoms with Crippen molar-refractivity contribution in [2.24, 2.45) is 0 Å². The van der Waals surface area contributed by atoms with Crippen molar-refractivity contribution in [3.63, 3.8) is 0 Å². The third-order valence-corrected chi connectivity index (χ3v) is 2.85. The predicted octanol–water partition coefficient (Wildman–Crippen LogP) is 1.53. The molecule has 0 aliphatic rings. The Labute approximate surface area is 132 Å². The number of benzene rings is 1. The molecule has 0 fully saturated rings. The number of nitrogen functional groups attached to an aromatic ring is 2. The van der Waals surface area contributed by atoms with E-state index in [0.29, 0.717) is 23.7 Å². The summed E-state index contributed by atoms with van der Waals surface area (Å²) in [6.45, 7) is 0. The lowest BCUT2D eigenvalue weighted by atomic mass is 10.1. The molecule has 0 aliphatic carbocycles. The number of methoxy groups -OCH3 is 2. The van der Waals surface area contributed by atoms with Crippen molar-refractivity contribution in [3.8, 4) is 17.2 Å². The van der Waals surface area contributed by atoms with Gasteiger partial charge < -0.3 is 26.0 Å². The van der Waals surface area contributed by atoms with Gasteiger partial charge in [-0.3, -0.25) is 0 Å². The second kappa shape index (κ2) is 6.98. The molecule has 0 saturated heterocycles. The maximum atomic E-state index is 9.85. The van der Waals surface area contributed by atoms with Crippen LogP contribution in [-0.2, 0) is 6.42 Å². The summed E-state index contributed by atoms with van der Waals surface area (Å²) < 4.78 is 10.2.